The van der Waals surface area contributed by atoms with Gasteiger partial charge in [0, 0.05) is 25.4 Å². The van der Waals surface area contributed by atoms with Gasteiger partial charge in [-0.1, -0.05) is 6.92 Å². The molecule has 1 aromatic carbocycles. The van der Waals surface area contributed by atoms with E-state index >= 15 is 0 Å². The standard InChI is InChI=1S/C14H21FN2O2S/c1-10-4-3-7-17(14(10)9-16)13-6-5-11(8-12(13)15)20(2,18)19/h5-6,8,10,14H,3-4,7,9,16H2,1-2H3. The maximum atomic E-state index is 14.3. The van der Waals surface area contributed by atoms with Crippen LogP contribution in [-0.2, 0) is 9.84 Å². The number of nitrogens with two attached hydrogens (primary N) is 1. The topological polar surface area (TPSA) is 63.4 Å². The van der Waals surface area contributed by atoms with E-state index < -0.39 is 15.7 Å². The van der Waals surface area contributed by atoms with Gasteiger partial charge in [-0.05, 0) is 37.0 Å². The Bertz CT molecular complexity index is 589. The summed E-state index contributed by atoms with van der Waals surface area (Å²) in [7, 11) is -3.39. The van der Waals surface area contributed by atoms with E-state index in [-0.39, 0.29) is 10.9 Å². The Balaban J connectivity index is 2.37. The second kappa shape index (κ2) is 5.69. The molecule has 112 valence electrons. The number of piperidine rings is 1. The maximum Gasteiger partial charge on any atom is 0.175 e. The quantitative estimate of drug-likeness (QED) is 0.924. The van der Waals surface area contributed by atoms with E-state index in [4.69, 9.17) is 5.73 Å². The lowest BCUT2D eigenvalue weighted by Gasteiger charge is -2.41. The van der Waals surface area contributed by atoms with Crippen LogP contribution in [0.15, 0.2) is 23.1 Å². The molecule has 1 heterocycles. The van der Waals surface area contributed by atoms with Crippen LogP contribution < -0.4 is 10.6 Å². The molecule has 1 aromatic rings. The molecule has 0 aliphatic carbocycles. The third-order valence-electron chi connectivity index (χ3n) is 4.01. The Kier molecular flexibility index (Phi) is 4.34. The Morgan fingerprint density at radius 2 is 2.15 bits per heavy atom. The molecule has 2 N–H and O–H groups in total. The molecule has 0 aromatic heterocycles. The van der Waals surface area contributed by atoms with Gasteiger partial charge in [-0.3, -0.25) is 0 Å². The zero-order valence-electron chi connectivity index (χ0n) is 11.8. The molecule has 2 rings (SSSR count). The van der Waals surface area contributed by atoms with Crippen LogP contribution in [0.4, 0.5) is 10.1 Å². The van der Waals surface area contributed by atoms with Crippen molar-refractivity contribution in [3.8, 4) is 0 Å². The lowest BCUT2D eigenvalue weighted by atomic mass is 9.90. The molecule has 0 saturated carbocycles. The summed E-state index contributed by atoms with van der Waals surface area (Å²) in [6, 6.07) is 4.20. The number of anilines is 1. The van der Waals surface area contributed by atoms with Crippen molar-refractivity contribution >= 4 is 15.5 Å². The van der Waals surface area contributed by atoms with Crippen LogP contribution in [0.3, 0.4) is 0 Å². The minimum atomic E-state index is -3.39. The minimum absolute atomic E-state index is 0.00751. The molecule has 0 bridgehead atoms. The summed E-state index contributed by atoms with van der Waals surface area (Å²) in [6.45, 7) is 3.34. The molecule has 20 heavy (non-hydrogen) atoms. The summed E-state index contributed by atoms with van der Waals surface area (Å²) >= 11 is 0. The lowest BCUT2D eigenvalue weighted by molar-refractivity contribution is 0.347. The highest BCUT2D eigenvalue weighted by Crippen LogP contribution is 2.31. The third-order valence-corrected chi connectivity index (χ3v) is 5.12. The van der Waals surface area contributed by atoms with E-state index in [0.29, 0.717) is 18.2 Å². The van der Waals surface area contributed by atoms with Crippen LogP contribution >= 0.6 is 0 Å². The molecule has 1 aliphatic heterocycles. The molecule has 1 fully saturated rings. The van der Waals surface area contributed by atoms with Gasteiger partial charge in [0.25, 0.3) is 0 Å². The average molecular weight is 300 g/mol. The van der Waals surface area contributed by atoms with Gasteiger partial charge in [-0.25, -0.2) is 12.8 Å². The number of rotatable bonds is 3. The number of hydrogen-bond acceptors (Lipinski definition) is 4. The van der Waals surface area contributed by atoms with E-state index in [1.807, 2.05) is 4.90 Å². The van der Waals surface area contributed by atoms with Crippen LogP contribution in [0.1, 0.15) is 19.8 Å². The van der Waals surface area contributed by atoms with Crippen molar-refractivity contribution < 1.29 is 12.8 Å². The van der Waals surface area contributed by atoms with Crippen LogP contribution in [-0.4, -0.2) is 33.8 Å². The molecule has 1 aliphatic rings. The van der Waals surface area contributed by atoms with Crippen molar-refractivity contribution in [2.24, 2.45) is 11.7 Å². The van der Waals surface area contributed by atoms with Gasteiger partial charge in [0.1, 0.15) is 5.82 Å². The van der Waals surface area contributed by atoms with E-state index in [9.17, 15) is 12.8 Å². The molecular weight excluding hydrogens is 279 g/mol. The summed E-state index contributed by atoms with van der Waals surface area (Å²) in [6.07, 6.45) is 3.15. The highest BCUT2D eigenvalue weighted by atomic mass is 32.2. The number of nitrogens with zero attached hydrogens (tertiary/aromatic N) is 1. The molecular formula is C14H21FN2O2S. The smallest absolute Gasteiger partial charge is 0.175 e. The molecule has 2 unspecified atom stereocenters. The summed E-state index contributed by atoms with van der Waals surface area (Å²) in [5, 5.41) is 0. The van der Waals surface area contributed by atoms with Gasteiger partial charge in [-0.2, -0.15) is 0 Å². The molecule has 0 amide bonds. The number of sulfone groups is 1. The van der Waals surface area contributed by atoms with Crippen LogP contribution in [0.2, 0.25) is 0 Å². The number of benzene rings is 1. The first kappa shape index (κ1) is 15.3. The maximum absolute atomic E-state index is 14.3. The average Bonchev–Trinajstić information content (AvgIpc) is 2.37. The SMILES string of the molecule is CC1CCCN(c2ccc(S(C)(=O)=O)cc2F)C1CN. The number of hydrogen-bond donors (Lipinski definition) is 1. The molecule has 2 atom stereocenters. The second-order valence-corrected chi connectivity index (χ2v) is 7.52. The third kappa shape index (κ3) is 2.96. The minimum Gasteiger partial charge on any atom is -0.365 e. The van der Waals surface area contributed by atoms with Gasteiger partial charge < -0.3 is 10.6 Å². The van der Waals surface area contributed by atoms with Gasteiger partial charge in [0.15, 0.2) is 9.84 Å². The van der Waals surface area contributed by atoms with E-state index in [2.05, 4.69) is 6.92 Å². The summed E-state index contributed by atoms with van der Waals surface area (Å²) < 4.78 is 37.1. The Morgan fingerprint density at radius 3 is 2.70 bits per heavy atom. The normalized spacial score (nSPS) is 23.9. The zero-order chi connectivity index (χ0) is 14.9. The van der Waals surface area contributed by atoms with Crippen molar-refractivity contribution in [1.82, 2.24) is 0 Å². The van der Waals surface area contributed by atoms with Gasteiger partial charge in [0.05, 0.1) is 10.6 Å². The van der Waals surface area contributed by atoms with Crippen LogP contribution in [0.25, 0.3) is 0 Å². The highest BCUT2D eigenvalue weighted by Gasteiger charge is 2.29. The summed E-state index contributed by atoms with van der Waals surface area (Å²) in [5.41, 5.74) is 6.25. The van der Waals surface area contributed by atoms with Gasteiger partial charge >= 0.3 is 0 Å². The van der Waals surface area contributed by atoms with Crippen molar-refractivity contribution in [3.63, 3.8) is 0 Å². The summed E-state index contributed by atoms with van der Waals surface area (Å²) in [5.74, 6) is -0.0943. The van der Waals surface area contributed by atoms with Crippen molar-refractivity contribution in [3.05, 3.63) is 24.0 Å². The van der Waals surface area contributed by atoms with E-state index in [0.717, 1.165) is 31.7 Å². The van der Waals surface area contributed by atoms with Crippen LogP contribution in [0, 0.1) is 11.7 Å². The van der Waals surface area contributed by atoms with Crippen molar-refractivity contribution in [2.45, 2.75) is 30.7 Å². The van der Waals surface area contributed by atoms with E-state index in [1.54, 1.807) is 6.07 Å². The van der Waals surface area contributed by atoms with Crippen molar-refractivity contribution in [1.29, 1.82) is 0 Å². The van der Waals surface area contributed by atoms with Crippen LogP contribution in [0.5, 0.6) is 0 Å². The highest BCUT2D eigenvalue weighted by molar-refractivity contribution is 7.90. The Labute approximate surface area is 119 Å². The zero-order valence-corrected chi connectivity index (χ0v) is 12.7. The van der Waals surface area contributed by atoms with E-state index in [1.165, 1.54) is 6.07 Å². The molecule has 6 heteroatoms. The van der Waals surface area contributed by atoms with Gasteiger partial charge in [-0.15, -0.1) is 0 Å². The summed E-state index contributed by atoms with van der Waals surface area (Å²) in [4.78, 5) is 1.98. The lowest BCUT2D eigenvalue weighted by Crippen LogP contribution is -2.49. The monoisotopic (exact) mass is 300 g/mol. The predicted octanol–water partition coefficient (Wildman–Crippen LogP) is 1.79. The fourth-order valence-corrected chi connectivity index (χ4v) is 3.49. The molecule has 1 saturated heterocycles. The molecule has 0 spiro atoms. The predicted molar refractivity (Wildman–Crippen MR) is 78.1 cm³/mol. The van der Waals surface area contributed by atoms with Gasteiger partial charge in [0.2, 0.25) is 0 Å². The largest absolute Gasteiger partial charge is 0.365 e. The second-order valence-electron chi connectivity index (χ2n) is 5.50. The van der Waals surface area contributed by atoms with Crippen molar-refractivity contribution in [2.75, 3.05) is 24.2 Å². The Hall–Kier alpha value is -1.14. The first-order chi connectivity index (χ1) is 9.34. The molecule has 0 radical (unpaired) electrons. The number of halogens is 1. The Morgan fingerprint density at radius 1 is 1.45 bits per heavy atom. The molecule has 4 nitrogen and oxygen atoms in total. The first-order valence-electron chi connectivity index (χ1n) is 6.81. The first-order valence-corrected chi connectivity index (χ1v) is 8.70. The fraction of sp³-hybridized carbons (Fsp3) is 0.571. The fourth-order valence-electron chi connectivity index (χ4n) is 2.86.